The number of carbonyl (C=O) groups excluding carboxylic acids is 1. The van der Waals surface area contributed by atoms with Crippen LogP contribution in [0.4, 0.5) is 0 Å². The van der Waals surface area contributed by atoms with Crippen molar-refractivity contribution in [2.45, 2.75) is 24.9 Å². The number of nitrogens with one attached hydrogen (secondary N) is 2. The summed E-state index contributed by atoms with van der Waals surface area (Å²) in [6.07, 6.45) is 2.58. The molecule has 19 heavy (non-hydrogen) atoms. The molecule has 0 bridgehead atoms. The molecule has 2 aromatic rings. The molecule has 3 N–H and O–H groups in total. The van der Waals surface area contributed by atoms with Crippen molar-refractivity contribution in [1.29, 1.82) is 0 Å². The maximum absolute atomic E-state index is 12.0. The molecule has 5 heteroatoms. The van der Waals surface area contributed by atoms with E-state index in [1.54, 1.807) is 0 Å². The molecule has 3 rings (SSSR count). The molecule has 4 nitrogen and oxygen atoms in total. The number of hydrogen-bond acceptors (Lipinski definition) is 2. The van der Waals surface area contributed by atoms with Gasteiger partial charge in [0.15, 0.2) is 0 Å². The van der Waals surface area contributed by atoms with E-state index in [1.807, 2.05) is 24.3 Å². The number of amides is 1. The molecule has 1 aliphatic carbocycles. The van der Waals surface area contributed by atoms with Gasteiger partial charge in [0.2, 0.25) is 0 Å². The van der Waals surface area contributed by atoms with Gasteiger partial charge in [0, 0.05) is 21.9 Å². The number of hydrogen-bond donors (Lipinski definition) is 3. The molecular formula is C14H15BrN2O2. The SMILES string of the molecule is O=C(NCC1(O)CCC1)c1cc2cc(Br)ccc2[nH]1. The molecule has 100 valence electrons. The van der Waals surface area contributed by atoms with Crippen LogP contribution in [0.5, 0.6) is 0 Å². The van der Waals surface area contributed by atoms with E-state index in [1.165, 1.54) is 0 Å². The summed E-state index contributed by atoms with van der Waals surface area (Å²) in [4.78, 5) is 15.1. The van der Waals surface area contributed by atoms with Gasteiger partial charge < -0.3 is 15.4 Å². The smallest absolute Gasteiger partial charge is 0.267 e. The molecule has 0 saturated heterocycles. The summed E-state index contributed by atoms with van der Waals surface area (Å²) in [6, 6.07) is 7.63. The van der Waals surface area contributed by atoms with Crippen LogP contribution in [0.15, 0.2) is 28.7 Å². The van der Waals surface area contributed by atoms with E-state index in [-0.39, 0.29) is 5.91 Å². The zero-order valence-electron chi connectivity index (χ0n) is 10.4. The van der Waals surface area contributed by atoms with Crippen molar-refractivity contribution in [1.82, 2.24) is 10.3 Å². The van der Waals surface area contributed by atoms with Crippen molar-refractivity contribution in [2.24, 2.45) is 0 Å². The number of aliphatic hydroxyl groups is 1. The molecule has 1 saturated carbocycles. The lowest BCUT2D eigenvalue weighted by Crippen LogP contribution is -2.47. The number of aromatic amines is 1. The standard InChI is InChI=1S/C14H15BrN2O2/c15-10-2-3-11-9(6-10)7-12(17-11)13(18)16-8-14(19)4-1-5-14/h2-3,6-7,17,19H,1,4-5,8H2,(H,16,18). The second kappa shape index (κ2) is 4.65. The highest BCUT2D eigenvalue weighted by Gasteiger charge is 2.34. The summed E-state index contributed by atoms with van der Waals surface area (Å²) in [5.41, 5.74) is 0.761. The van der Waals surface area contributed by atoms with E-state index in [0.29, 0.717) is 12.2 Å². The Morgan fingerprint density at radius 2 is 2.21 bits per heavy atom. The monoisotopic (exact) mass is 322 g/mol. The fourth-order valence-corrected chi connectivity index (χ4v) is 2.71. The molecule has 1 aliphatic rings. The highest BCUT2D eigenvalue weighted by Crippen LogP contribution is 2.30. The molecule has 0 aliphatic heterocycles. The lowest BCUT2D eigenvalue weighted by Gasteiger charge is -2.36. The van der Waals surface area contributed by atoms with Crippen LogP contribution < -0.4 is 5.32 Å². The number of halogens is 1. The zero-order valence-corrected chi connectivity index (χ0v) is 12.0. The third-order valence-electron chi connectivity index (χ3n) is 3.69. The average Bonchev–Trinajstić information content (AvgIpc) is 2.76. The summed E-state index contributed by atoms with van der Waals surface area (Å²) in [5.74, 6) is -0.173. The van der Waals surface area contributed by atoms with Crippen LogP contribution in [0.2, 0.25) is 0 Å². The first kappa shape index (κ1) is 12.7. The van der Waals surface area contributed by atoms with Gasteiger partial charge in [0.05, 0.1) is 5.60 Å². The number of benzene rings is 1. The van der Waals surface area contributed by atoms with Crippen LogP contribution in [-0.2, 0) is 0 Å². The van der Waals surface area contributed by atoms with Crippen molar-refractivity contribution in [2.75, 3.05) is 6.54 Å². The quantitative estimate of drug-likeness (QED) is 0.813. The van der Waals surface area contributed by atoms with E-state index < -0.39 is 5.60 Å². The molecule has 1 aromatic heterocycles. The Labute approximate surface area is 119 Å². The van der Waals surface area contributed by atoms with Gasteiger partial charge in [-0.1, -0.05) is 15.9 Å². The Balaban J connectivity index is 1.74. The largest absolute Gasteiger partial charge is 0.388 e. The molecule has 0 unspecified atom stereocenters. The number of fused-ring (bicyclic) bond motifs is 1. The van der Waals surface area contributed by atoms with Crippen molar-refractivity contribution in [3.63, 3.8) is 0 Å². The van der Waals surface area contributed by atoms with Gasteiger partial charge >= 0.3 is 0 Å². The van der Waals surface area contributed by atoms with Gasteiger partial charge in [-0.25, -0.2) is 0 Å². The van der Waals surface area contributed by atoms with Crippen LogP contribution in [0.3, 0.4) is 0 Å². The van der Waals surface area contributed by atoms with Crippen molar-refractivity contribution >= 4 is 32.7 Å². The van der Waals surface area contributed by atoms with Gasteiger partial charge in [-0.2, -0.15) is 0 Å². The van der Waals surface area contributed by atoms with E-state index in [4.69, 9.17) is 0 Å². The molecule has 0 spiro atoms. The van der Waals surface area contributed by atoms with Gasteiger partial charge in [-0.15, -0.1) is 0 Å². The molecule has 1 heterocycles. The predicted molar refractivity (Wildman–Crippen MR) is 77.1 cm³/mol. The molecule has 1 fully saturated rings. The van der Waals surface area contributed by atoms with Crippen LogP contribution >= 0.6 is 15.9 Å². The molecule has 0 radical (unpaired) electrons. The third kappa shape index (κ3) is 2.53. The highest BCUT2D eigenvalue weighted by molar-refractivity contribution is 9.10. The first-order chi connectivity index (χ1) is 9.06. The Bertz CT molecular complexity index is 631. The Kier molecular flexibility index (Phi) is 3.11. The fourth-order valence-electron chi connectivity index (χ4n) is 2.33. The van der Waals surface area contributed by atoms with E-state index in [2.05, 4.69) is 26.2 Å². The maximum atomic E-state index is 12.0. The predicted octanol–water partition coefficient (Wildman–Crippen LogP) is 2.58. The lowest BCUT2D eigenvalue weighted by atomic mass is 9.80. The van der Waals surface area contributed by atoms with Crippen LogP contribution in [0.25, 0.3) is 10.9 Å². The Morgan fingerprint density at radius 3 is 2.89 bits per heavy atom. The fraction of sp³-hybridized carbons (Fsp3) is 0.357. The minimum absolute atomic E-state index is 0.173. The normalized spacial score (nSPS) is 17.2. The lowest BCUT2D eigenvalue weighted by molar-refractivity contribution is -0.0300. The van der Waals surface area contributed by atoms with Crippen LogP contribution in [0.1, 0.15) is 29.8 Å². The summed E-state index contributed by atoms with van der Waals surface area (Å²) in [6.45, 7) is 0.324. The van der Waals surface area contributed by atoms with Gasteiger partial charge in [-0.05, 0) is 43.5 Å². The van der Waals surface area contributed by atoms with E-state index in [9.17, 15) is 9.90 Å². The molecule has 1 aromatic carbocycles. The Morgan fingerprint density at radius 1 is 1.42 bits per heavy atom. The minimum atomic E-state index is -0.690. The zero-order chi connectivity index (χ0) is 13.5. The third-order valence-corrected chi connectivity index (χ3v) is 4.18. The second-order valence-electron chi connectivity index (χ2n) is 5.18. The summed E-state index contributed by atoms with van der Waals surface area (Å²) in [7, 11) is 0. The molecule has 0 atom stereocenters. The van der Waals surface area contributed by atoms with Gasteiger partial charge in [-0.3, -0.25) is 4.79 Å². The van der Waals surface area contributed by atoms with Gasteiger partial charge in [0.1, 0.15) is 5.69 Å². The maximum Gasteiger partial charge on any atom is 0.267 e. The van der Waals surface area contributed by atoms with Crippen LogP contribution in [-0.4, -0.2) is 28.1 Å². The number of aromatic nitrogens is 1. The Hall–Kier alpha value is -1.33. The topological polar surface area (TPSA) is 65.1 Å². The van der Waals surface area contributed by atoms with Crippen LogP contribution in [0, 0.1) is 0 Å². The minimum Gasteiger partial charge on any atom is -0.388 e. The second-order valence-corrected chi connectivity index (χ2v) is 6.09. The summed E-state index contributed by atoms with van der Waals surface area (Å²) >= 11 is 3.40. The van der Waals surface area contributed by atoms with Gasteiger partial charge in [0.25, 0.3) is 5.91 Å². The first-order valence-electron chi connectivity index (χ1n) is 6.35. The molecule has 1 amide bonds. The van der Waals surface area contributed by atoms with Crippen molar-refractivity contribution in [3.8, 4) is 0 Å². The average molecular weight is 323 g/mol. The van der Waals surface area contributed by atoms with Crippen molar-refractivity contribution in [3.05, 3.63) is 34.4 Å². The van der Waals surface area contributed by atoms with E-state index >= 15 is 0 Å². The summed E-state index contributed by atoms with van der Waals surface area (Å²) in [5, 5.41) is 13.7. The van der Waals surface area contributed by atoms with Crippen molar-refractivity contribution < 1.29 is 9.90 Å². The highest BCUT2D eigenvalue weighted by atomic mass is 79.9. The number of carbonyl (C=O) groups is 1. The summed E-state index contributed by atoms with van der Waals surface area (Å²) < 4.78 is 0.981. The molecular weight excluding hydrogens is 308 g/mol. The first-order valence-corrected chi connectivity index (χ1v) is 7.14. The van der Waals surface area contributed by atoms with E-state index in [0.717, 1.165) is 34.6 Å². The number of H-pyrrole nitrogens is 1. The number of rotatable bonds is 3.